The van der Waals surface area contributed by atoms with Crippen molar-refractivity contribution in [3.63, 3.8) is 0 Å². The second-order valence-corrected chi connectivity index (χ2v) is 6.45. The molecule has 2 aromatic rings. The van der Waals surface area contributed by atoms with Gasteiger partial charge in [-0.05, 0) is 44.1 Å². The molecule has 1 atom stereocenters. The maximum absolute atomic E-state index is 7.57. The Bertz CT molecular complexity index is 752. The van der Waals surface area contributed by atoms with Crippen molar-refractivity contribution < 1.29 is 8.22 Å². The van der Waals surface area contributed by atoms with Crippen LogP contribution in [0.3, 0.4) is 0 Å². The summed E-state index contributed by atoms with van der Waals surface area (Å²) >= 11 is 1.70. The van der Waals surface area contributed by atoms with Crippen LogP contribution in [0.25, 0.3) is 0 Å². The van der Waals surface area contributed by atoms with Crippen molar-refractivity contribution in [2.45, 2.75) is 16.7 Å². The van der Waals surface area contributed by atoms with Gasteiger partial charge in [0.15, 0.2) is 0 Å². The van der Waals surface area contributed by atoms with E-state index in [9.17, 15) is 0 Å². The zero-order valence-electron chi connectivity index (χ0n) is 18.3. The van der Waals surface area contributed by atoms with Crippen molar-refractivity contribution in [2.75, 3.05) is 31.9 Å². The lowest BCUT2D eigenvalue weighted by Gasteiger charge is -2.35. The van der Waals surface area contributed by atoms with Gasteiger partial charge in [0, 0.05) is 31.1 Å². The van der Waals surface area contributed by atoms with E-state index >= 15 is 0 Å². The van der Waals surface area contributed by atoms with Crippen LogP contribution in [0.5, 0.6) is 0 Å². The Labute approximate surface area is 152 Å². The molecule has 0 fully saturated rings. The summed E-state index contributed by atoms with van der Waals surface area (Å²) in [5.41, 5.74) is 2.12. The molecule has 0 saturated heterocycles. The van der Waals surface area contributed by atoms with Gasteiger partial charge in [-0.15, -0.1) is 12.4 Å². The number of para-hydroxylation sites is 2. The van der Waals surface area contributed by atoms with Crippen LogP contribution in [0.1, 0.15) is 15.1 Å². The smallest absolute Gasteiger partial charge is 0.0552 e. The molecule has 0 bridgehead atoms. The number of rotatable bonds is 4. The van der Waals surface area contributed by atoms with Gasteiger partial charge < -0.3 is 9.80 Å². The molecule has 0 aromatic heterocycles. The predicted octanol–water partition coefficient (Wildman–Crippen LogP) is 4.91. The van der Waals surface area contributed by atoms with E-state index in [2.05, 4.69) is 17.0 Å². The third-order valence-corrected chi connectivity index (χ3v) is 4.65. The van der Waals surface area contributed by atoms with Gasteiger partial charge in [0.2, 0.25) is 0 Å². The highest BCUT2D eigenvalue weighted by Crippen LogP contribution is 2.47. The minimum absolute atomic E-state index is 0. The second kappa shape index (κ2) is 7.40. The van der Waals surface area contributed by atoms with Gasteiger partial charge in [-0.1, -0.05) is 43.0 Å². The highest BCUT2D eigenvalue weighted by molar-refractivity contribution is 7.99. The molecule has 22 heavy (non-hydrogen) atoms. The zero-order chi connectivity index (χ0) is 19.8. The molecule has 1 unspecified atom stereocenters. The van der Waals surface area contributed by atoms with Gasteiger partial charge in [0.25, 0.3) is 0 Å². The summed E-state index contributed by atoms with van der Waals surface area (Å²) in [6.45, 7) is -2.95. The third kappa shape index (κ3) is 3.60. The standard InChI is InChI=1S/C18H22N2S.ClH/c1-14(12-19(2)3)13-20-15-8-4-6-10-17(15)21-18-11-7-5-9-16(18)20;/h4-11,14H,12-13H2,1-3H3;1H/i2D3,3D3;. The number of nitrogens with zero attached hydrogens (tertiary/aromatic N) is 2. The average Bonchev–Trinajstić information content (AvgIpc) is 2.57. The van der Waals surface area contributed by atoms with Crippen LogP contribution in [-0.2, 0) is 0 Å². The summed E-state index contributed by atoms with van der Waals surface area (Å²) in [6, 6.07) is 16.1. The second-order valence-electron chi connectivity index (χ2n) is 5.36. The van der Waals surface area contributed by atoms with Crippen LogP contribution in [0.4, 0.5) is 11.4 Å². The van der Waals surface area contributed by atoms with Gasteiger partial charge in [-0.3, -0.25) is 0 Å². The number of anilines is 2. The van der Waals surface area contributed by atoms with E-state index in [1.807, 2.05) is 43.3 Å². The molecule has 0 radical (unpaired) electrons. The molecular weight excluding hydrogens is 312 g/mol. The number of hydrogen-bond acceptors (Lipinski definition) is 3. The molecule has 4 heteroatoms. The molecule has 0 saturated carbocycles. The summed E-state index contributed by atoms with van der Waals surface area (Å²) in [4.78, 5) is 5.06. The van der Waals surface area contributed by atoms with E-state index in [4.69, 9.17) is 8.22 Å². The summed E-state index contributed by atoms with van der Waals surface area (Å²) in [5.74, 6) is -0.171. The maximum atomic E-state index is 7.57. The van der Waals surface area contributed by atoms with E-state index in [1.165, 1.54) is 0 Å². The SMILES string of the molecule is Cl.[2H]C([2H])([2H])N(CC(C)CN1c2ccccc2Sc2ccccc21)C([2H])([2H])[2H]. The van der Waals surface area contributed by atoms with Crippen LogP contribution in [0, 0.1) is 5.92 Å². The molecule has 1 aliphatic heterocycles. The van der Waals surface area contributed by atoms with Gasteiger partial charge in [0.05, 0.1) is 11.4 Å². The first kappa shape index (κ1) is 10.6. The summed E-state index contributed by atoms with van der Waals surface area (Å²) in [5, 5.41) is 0. The fraction of sp³-hybridized carbons (Fsp3) is 0.333. The summed E-state index contributed by atoms with van der Waals surface area (Å²) < 4.78 is 45.4. The normalized spacial score (nSPS) is 19.3. The molecule has 1 aliphatic rings. The van der Waals surface area contributed by atoms with E-state index in [0.717, 1.165) is 21.2 Å². The molecule has 0 spiro atoms. The molecule has 0 amide bonds. The Morgan fingerprint density at radius 1 is 1.05 bits per heavy atom. The molecule has 1 heterocycles. The van der Waals surface area contributed by atoms with Gasteiger partial charge in [-0.25, -0.2) is 0 Å². The topological polar surface area (TPSA) is 6.48 Å². The van der Waals surface area contributed by atoms with Crippen molar-refractivity contribution in [2.24, 2.45) is 5.92 Å². The van der Waals surface area contributed by atoms with Gasteiger partial charge in [0.1, 0.15) is 0 Å². The number of hydrogen-bond donors (Lipinski definition) is 0. The Balaban J connectivity index is 0.00000280. The first-order chi connectivity index (χ1) is 12.6. The quantitative estimate of drug-likeness (QED) is 0.780. The van der Waals surface area contributed by atoms with E-state index in [-0.39, 0.29) is 24.9 Å². The molecule has 0 aliphatic carbocycles. The number of benzene rings is 2. The highest BCUT2D eigenvalue weighted by Gasteiger charge is 2.23. The van der Waals surface area contributed by atoms with Crippen molar-refractivity contribution in [3.8, 4) is 0 Å². The van der Waals surface area contributed by atoms with E-state index in [1.54, 1.807) is 11.8 Å². The fourth-order valence-electron chi connectivity index (χ4n) is 2.66. The molecule has 118 valence electrons. The van der Waals surface area contributed by atoms with Crippen LogP contribution in [-0.4, -0.2) is 31.9 Å². The zero-order valence-corrected chi connectivity index (χ0v) is 14.0. The first-order valence-corrected chi connectivity index (χ1v) is 7.80. The molecular formula is C18H23ClN2S. The van der Waals surface area contributed by atoms with Gasteiger partial charge >= 0.3 is 0 Å². The highest BCUT2D eigenvalue weighted by atomic mass is 35.5. The minimum Gasteiger partial charge on any atom is -0.339 e. The Kier molecular flexibility index (Phi) is 3.56. The average molecular weight is 341 g/mol. The third-order valence-electron chi connectivity index (χ3n) is 3.52. The predicted molar refractivity (Wildman–Crippen MR) is 99.0 cm³/mol. The van der Waals surface area contributed by atoms with E-state index in [0.29, 0.717) is 11.4 Å². The summed E-state index contributed by atoms with van der Waals surface area (Å²) in [6.07, 6.45) is 0. The van der Waals surface area contributed by atoms with Crippen molar-refractivity contribution in [1.82, 2.24) is 4.90 Å². The lowest BCUT2D eigenvalue weighted by molar-refractivity contribution is 0.343. The maximum Gasteiger partial charge on any atom is 0.0552 e. The molecule has 2 nitrogen and oxygen atoms in total. The van der Waals surface area contributed by atoms with E-state index < -0.39 is 14.0 Å². The fourth-order valence-corrected chi connectivity index (χ4v) is 3.75. The minimum atomic E-state index is -2.66. The molecule has 3 rings (SSSR count). The van der Waals surface area contributed by atoms with Crippen molar-refractivity contribution in [3.05, 3.63) is 48.5 Å². The van der Waals surface area contributed by atoms with Crippen LogP contribution in [0.2, 0.25) is 0 Å². The monoisotopic (exact) mass is 340 g/mol. The van der Waals surface area contributed by atoms with Crippen LogP contribution >= 0.6 is 24.2 Å². The van der Waals surface area contributed by atoms with Crippen molar-refractivity contribution >= 4 is 35.5 Å². The molecule has 0 N–H and O–H groups in total. The van der Waals surface area contributed by atoms with Gasteiger partial charge in [-0.2, -0.15) is 0 Å². The lowest BCUT2D eigenvalue weighted by Crippen LogP contribution is -2.31. The Morgan fingerprint density at radius 3 is 2.14 bits per heavy atom. The molecule has 2 aromatic carbocycles. The van der Waals surface area contributed by atoms with Crippen LogP contribution < -0.4 is 4.90 Å². The Morgan fingerprint density at radius 2 is 1.59 bits per heavy atom. The van der Waals surface area contributed by atoms with Crippen LogP contribution in [0.15, 0.2) is 58.3 Å². The lowest BCUT2D eigenvalue weighted by atomic mass is 10.1. The first-order valence-electron chi connectivity index (χ1n) is 9.98. The van der Waals surface area contributed by atoms with Crippen molar-refractivity contribution in [1.29, 1.82) is 0 Å². The Hall–Kier alpha value is -1.16. The number of fused-ring (bicyclic) bond motifs is 2. The number of halogens is 1. The summed E-state index contributed by atoms with van der Waals surface area (Å²) in [7, 11) is 0. The largest absolute Gasteiger partial charge is 0.339 e.